The molecule has 1 aliphatic heterocycles. The maximum absolute atomic E-state index is 11.5. The van der Waals surface area contributed by atoms with Crippen molar-refractivity contribution in [1.82, 2.24) is 15.1 Å². The number of nitrogens with two attached hydrogens (primary N) is 1. The Morgan fingerprint density at radius 3 is 3.00 bits per heavy atom. The summed E-state index contributed by atoms with van der Waals surface area (Å²) in [6.45, 7) is 6.03. The summed E-state index contributed by atoms with van der Waals surface area (Å²) in [5, 5.41) is 7.99. The molecule has 0 aromatic carbocycles. The van der Waals surface area contributed by atoms with Gasteiger partial charge in [-0.3, -0.25) is 9.48 Å². The molecule has 106 valence electrons. The lowest BCUT2D eigenvalue weighted by molar-refractivity contribution is -0.123. The Morgan fingerprint density at radius 2 is 2.37 bits per heavy atom. The van der Waals surface area contributed by atoms with Crippen LogP contribution in [-0.4, -0.2) is 28.3 Å². The van der Waals surface area contributed by atoms with Crippen LogP contribution in [0.25, 0.3) is 0 Å². The van der Waals surface area contributed by atoms with E-state index in [1.54, 1.807) is 0 Å². The lowest BCUT2D eigenvalue weighted by Gasteiger charge is -2.30. The summed E-state index contributed by atoms with van der Waals surface area (Å²) in [5.74, 6) is -0.241. The van der Waals surface area contributed by atoms with Crippen molar-refractivity contribution in [2.24, 2.45) is 11.7 Å². The van der Waals surface area contributed by atoms with Crippen molar-refractivity contribution in [3.8, 4) is 0 Å². The van der Waals surface area contributed by atoms with E-state index in [0.29, 0.717) is 0 Å². The van der Waals surface area contributed by atoms with E-state index in [1.807, 2.05) is 4.68 Å². The van der Waals surface area contributed by atoms with Crippen LogP contribution in [0.5, 0.6) is 0 Å². The number of aryl methyl sites for hydroxylation is 2. The maximum atomic E-state index is 11.5. The van der Waals surface area contributed by atoms with Crippen LogP contribution in [0.4, 0.5) is 0 Å². The van der Waals surface area contributed by atoms with Crippen LogP contribution < -0.4 is 11.1 Å². The molecular weight excluding hydrogens is 240 g/mol. The Labute approximate surface area is 114 Å². The highest BCUT2D eigenvalue weighted by Crippen LogP contribution is 2.20. The number of piperidine rings is 1. The molecule has 1 saturated heterocycles. The van der Waals surface area contributed by atoms with Gasteiger partial charge in [-0.15, -0.1) is 0 Å². The van der Waals surface area contributed by atoms with E-state index in [0.717, 1.165) is 44.5 Å². The zero-order valence-corrected chi connectivity index (χ0v) is 11.9. The summed E-state index contributed by atoms with van der Waals surface area (Å²) in [6.07, 6.45) is 3.69. The second-order valence-electron chi connectivity index (χ2n) is 5.21. The molecule has 1 amide bonds. The number of hydrogen-bond acceptors (Lipinski definition) is 3. The normalized spacial score (nSPS) is 23.5. The fraction of sp³-hybridized carbons (Fsp3) is 0.714. The highest BCUT2D eigenvalue weighted by Gasteiger charge is 2.29. The molecular formula is C14H24N4O. The van der Waals surface area contributed by atoms with E-state index in [-0.39, 0.29) is 17.9 Å². The second-order valence-corrected chi connectivity index (χ2v) is 5.21. The Kier molecular flexibility index (Phi) is 4.58. The first-order valence-corrected chi connectivity index (χ1v) is 7.24. The molecule has 2 rings (SSSR count). The van der Waals surface area contributed by atoms with Gasteiger partial charge in [-0.2, -0.15) is 5.10 Å². The SMILES string of the molecule is CCc1cc(CC2NCCCC2C(N)=O)n(CC)n1. The summed E-state index contributed by atoms with van der Waals surface area (Å²) in [5.41, 5.74) is 7.83. The van der Waals surface area contributed by atoms with Gasteiger partial charge in [-0.05, 0) is 38.8 Å². The summed E-state index contributed by atoms with van der Waals surface area (Å²) < 4.78 is 2.03. The third kappa shape index (κ3) is 3.15. The van der Waals surface area contributed by atoms with Gasteiger partial charge in [-0.1, -0.05) is 6.92 Å². The molecule has 1 aromatic heterocycles. The number of rotatable bonds is 5. The van der Waals surface area contributed by atoms with Gasteiger partial charge in [0.1, 0.15) is 0 Å². The van der Waals surface area contributed by atoms with Gasteiger partial charge in [0.25, 0.3) is 0 Å². The first-order valence-electron chi connectivity index (χ1n) is 7.24. The van der Waals surface area contributed by atoms with Crippen LogP contribution in [-0.2, 0) is 24.2 Å². The molecule has 1 fully saturated rings. The molecule has 0 spiro atoms. The number of nitrogens with one attached hydrogen (secondary N) is 1. The first-order chi connectivity index (χ1) is 9.15. The van der Waals surface area contributed by atoms with Gasteiger partial charge < -0.3 is 11.1 Å². The number of carbonyl (C=O) groups is 1. The lowest BCUT2D eigenvalue weighted by atomic mass is 9.87. The highest BCUT2D eigenvalue weighted by molar-refractivity contribution is 5.77. The third-order valence-corrected chi connectivity index (χ3v) is 3.95. The van der Waals surface area contributed by atoms with E-state index >= 15 is 0 Å². The minimum Gasteiger partial charge on any atom is -0.369 e. The Balaban J connectivity index is 2.14. The summed E-state index contributed by atoms with van der Waals surface area (Å²) in [4.78, 5) is 11.5. The van der Waals surface area contributed by atoms with Gasteiger partial charge in [0.05, 0.1) is 11.6 Å². The quantitative estimate of drug-likeness (QED) is 0.828. The number of carbonyl (C=O) groups excluding carboxylic acids is 1. The molecule has 1 aromatic rings. The van der Waals surface area contributed by atoms with E-state index in [4.69, 9.17) is 5.73 Å². The van der Waals surface area contributed by atoms with Crippen molar-refractivity contribution in [2.45, 2.75) is 52.1 Å². The number of primary amides is 1. The van der Waals surface area contributed by atoms with Crippen LogP contribution in [0, 0.1) is 5.92 Å². The van der Waals surface area contributed by atoms with Crippen LogP contribution in [0.1, 0.15) is 38.1 Å². The molecule has 3 N–H and O–H groups in total. The van der Waals surface area contributed by atoms with E-state index in [1.165, 1.54) is 5.69 Å². The molecule has 19 heavy (non-hydrogen) atoms. The van der Waals surface area contributed by atoms with Crippen molar-refractivity contribution in [3.63, 3.8) is 0 Å². The van der Waals surface area contributed by atoms with Crippen LogP contribution in [0.15, 0.2) is 6.07 Å². The average molecular weight is 264 g/mol. The fourth-order valence-electron chi connectivity index (χ4n) is 2.86. The molecule has 2 unspecified atom stereocenters. The smallest absolute Gasteiger partial charge is 0.222 e. The summed E-state index contributed by atoms with van der Waals surface area (Å²) >= 11 is 0. The number of nitrogens with zero attached hydrogens (tertiary/aromatic N) is 2. The van der Waals surface area contributed by atoms with Gasteiger partial charge in [0.15, 0.2) is 0 Å². The van der Waals surface area contributed by atoms with Crippen molar-refractivity contribution >= 4 is 5.91 Å². The number of amides is 1. The van der Waals surface area contributed by atoms with E-state index in [2.05, 4.69) is 30.3 Å². The summed E-state index contributed by atoms with van der Waals surface area (Å²) in [7, 11) is 0. The zero-order valence-electron chi connectivity index (χ0n) is 11.9. The standard InChI is InChI=1S/C14H24N4O/c1-3-10-8-11(18(4-2)17-10)9-13-12(14(15)19)6-5-7-16-13/h8,12-13,16H,3-7,9H2,1-2H3,(H2,15,19). The van der Waals surface area contributed by atoms with Crippen LogP contribution in [0.3, 0.4) is 0 Å². The van der Waals surface area contributed by atoms with Gasteiger partial charge in [0.2, 0.25) is 5.91 Å². The number of aromatic nitrogens is 2. The van der Waals surface area contributed by atoms with Gasteiger partial charge in [0, 0.05) is 24.7 Å². The molecule has 2 heterocycles. The Hall–Kier alpha value is -1.36. The maximum Gasteiger partial charge on any atom is 0.222 e. The molecule has 0 saturated carbocycles. The predicted octanol–water partition coefficient (Wildman–Crippen LogP) is 0.861. The molecule has 0 radical (unpaired) electrons. The monoisotopic (exact) mass is 264 g/mol. The topological polar surface area (TPSA) is 72.9 Å². The average Bonchev–Trinajstić information content (AvgIpc) is 2.81. The van der Waals surface area contributed by atoms with Crippen molar-refractivity contribution in [3.05, 3.63) is 17.5 Å². The first kappa shape index (κ1) is 14.1. The van der Waals surface area contributed by atoms with E-state index < -0.39 is 0 Å². The fourth-order valence-corrected chi connectivity index (χ4v) is 2.86. The summed E-state index contributed by atoms with van der Waals surface area (Å²) in [6, 6.07) is 2.30. The second kappa shape index (κ2) is 6.19. The minimum atomic E-state index is -0.185. The zero-order chi connectivity index (χ0) is 13.8. The van der Waals surface area contributed by atoms with Crippen molar-refractivity contribution in [2.75, 3.05) is 6.54 Å². The Morgan fingerprint density at radius 1 is 1.58 bits per heavy atom. The minimum absolute atomic E-state index is 0.0565. The Bertz CT molecular complexity index is 441. The van der Waals surface area contributed by atoms with Crippen molar-refractivity contribution in [1.29, 1.82) is 0 Å². The highest BCUT2D eigenvalue weighted by atomic mass is 16.1. The molecule has 5 heteroatoms. The van der Waals surface area contributed by atoms with Crippen molar-refractivity contribution < 1.29 is 4.79 Å². The largest absolute Gasteiger partial charge is 0.369 e. The third-order valence-electron chi connectivity index (χ3n) is 3.95. The molecule has 2 atom stereocenters. The lowest BCUT2D eigenvalue weighted by Crippen LogP contribution is -2.48. The van der Waals surface area contributed by atoms with Crippen LogP contribution >= 0.6 is 0 Å². The molecule has 0 bridgehead atoms. The van der Waals surface area contributed by atoms with Gasteiger partial charge in [-0.25, -0.2) is 0 Å². The molecule has 0 aliphatic carbocycles. The van der Waals surface area contributed by atoms with Gasteiger partial charge >= 0.3 is 0 Å². The molecule has 1 aliphatic rings. The molecule has 5 nitrogen and oxygen atoms in total. The predicted molar refractivity (Wildman–Crippen MR) is 74.7 cm³/mol. The number of hydrogen-bond donors (Lipinski definition) is 2. The van der Waals surface area contributed by atoms with E-state index in [9.17, 15) is 4.79 Å². The van der Waals surface area contributed by atoms with Crippen LogP contribution in [0.2, 0.25) is 0 Å².